The summed E-state index contributed by atoms with van der Waals surface area (Å²) in [6, 6.07) is 3.51. The molecule has 2 atom stereocenters. The van der Waals surface area contributed by atoms with E-state index >= 15 is 0 Å². The van der Waals surface area contributed by atoms with Crippen molar-refractivity contribution in [2.45, 2.75) is 69.9 Å². The lowest BCUT2D eigenvalue weighted by Gasteiger charge is -2.34. The molecule has 0 spiro atoms. The fraction of sp³-hybridized carbons (Fsp3) is 0.667. The van der Waals surface area contributed by atoms with Crippen molar-refractivity contribution in [1.29, 1.82) is 0 Å². The van der Waals surface area contributed by atoms with Crippen LogP contribution in [0.1, 0.15) is 56.6 Å². The number of carbonyl (C=O) groups excluding carboxylic acids is 1. The number of hydrogen-bond acceptors (Lipinski definition) is 5. The molecule has 0 bridgehead atoms. The number of nitrogens with one attached hydrogen (secondary N) is 1. The Labute approximate surface area is 169 Å². The molecule has 2 N–H and O–H groups in total. The van der Waals surface area contributed by atoms with E-state index < -0.39 is 23.0 Å². The summed E-state index contributed by atoms with van der Waals surface area (Å²) >= 11 is 0. The number of aromatic hydroxyl groups is 1. The van der Waals surface area contributed by atoms with E-state index in [-0.39, 0.29) is 18.5 Å². The second-order valence-corrected chi connectivity index (χ2v) is 7.68. The molecule has 0 saturated carbocycles. The molecule has 29 heavy (non-hydrogen) atoms. The first-order valence-electron chi connectivity index (χ1n) is 9.96. The molecule has 8 heteroatoms. The van der Waals surface area contributed by atoms with Crippen molar-refractivity contribution < 1.29 is 32.5 Å². The zero-order valence-electron chi connectivity index (χ0n) is 17.0. The Morgan fingerprint density at radius 2 is 2.07 bits per heavy atom. The lowest BCUT2D eigenvalue weighted by Crippen LogP contribution is -2.46. The highest BCUT2D eigenvalue weighted by Gasteiger charge is 2.35. The van der Waals surface area contributed by atoms with E-state index in [0.29, 0.717) is 38.0 Å². The van der Waals surface area contributed by atoms with Crippen LogP contribution in [0.2, 0.25) is 0 Å². The zero-order valence-corrected chi connectivity index (χ0v) is 17.0. The Balaban J connectivity index is 2.04. The summed E-state index contributed by atoms with van der Waals surface area (Å²) in [5, 5.41) is 12.7. The Morgan fingerprint density at radius 1 is 1.31 bits per heavy atom. The molecule has 1 fully saturated rings. The number of halogens is 3. The third-order valence-electron chi connectivity index (χ3n) is 5.40. The quantitative estimate of drug-likeness (QED) is 0.597. The largest absolute Gasteiger partial charge is 0.507 e. The number of phenolic OH excluding ortho intramolecular Hbond substituents is 1. The van der Waals surface area contributed by atoms with Crippen LogP contribution in [0.25, 0.3) is 0 Å². The SMILES string of the molecule is CNC(CCOC1CCCCO1)(CCc1ccc(O)c(C(F)(F)F)c1)CC(C)=O. The van der Waals surface area contributed by atoms with Gasteiger partial charge in [-0.1, -0.05) is 6.07 Å². The number of rotatable bonds is 10. The highest BCUT2D eigenvalue weighted by Crippen LogP contribution is 2.36. The van der Waals surface area contributed by atoms with Gasteiger partial charge in [0.25, 0.3) is 0 Å². The molecule has 1 heterocycles. The van der Waals surface area contributed by atoms with Crippen LogP contribution in [0.15, 0.2) is 18.2 Å². The lowest BCUT2D eigenvalue weighted by molar-refractivity contribution is -0.165. The van der Waals surface area contributed by atoms with E-state index in [1.165, 1.54) is 13.0 Å². The number of ketones is 1. The molecule has 0 amide bonds. The first-order valence-corrected chi connectivity index (χ1v) is 9.96. The summed E-state index contributed by atoms with van der Waals surface area (Å²) < 4.78 is 50.5. The normalized spacial score (nSPS) is 19.7. The van der Waals surface area contributed by atoms with Gasteiger partial charge in [0, 0.05) is 18.6 Å². The van der Waals surface area contributed by atoms with Crippen LogP contribution in [0.3, 0.4) is 0 Å². The Hall–Kier alpha value is -1.64. The molecule has 1 aliphatic rings. The lowest BCUT2D eigenvalue weighted by atomic mass is 9.83. The van der Waals surface area contributed by atoms with Gasteiger partial charge in [0.05, 0.1) is 12.2 Å². The second kappa shape index (κ2) is 10.4. The maximum atomic E-state index is 13.0. The highest BCUT2D eigenvalue weighted by molar-refractivity contribution is 5.76. The minimum Gasteiger partial charge on any atom is -0.507 e. The molecule has 1 aliphatic heterocycles. The predicted molar refractivity (Wildman–Crippen MR) is 103 cm³/mol. The summed E-state index contributed by atoms with van der Waals surface area (Å²) in [6.45, 7) is 2.57. The van der Waals surface area contributed by atoms with Crippen LogP contribution in [-0.2, 0) is 26.9 Å². The van der Waals surface area contributed by atoms with E-state index in [1.807, 2.05) is 0 Å². The fourth-order valence-electron chi connectivity index (χ4n) is 3.69. The third-order valence-corrected chi connectivity index (χ3v) is 5.40. The first-order chi connectivity index (χ1) is 13.6. The number of alkyl halides is 3. The van der Waals surface area contributed by atoms with Crippen LogP contribution in [-0.4, -0.2) is 43.0 Å². The van der Waals surface area contributed by atoms with E-state index in [0.717, 1.165) is 31.4 Å². The van der Waals surface area contributed by atoms with E-state index in [9.17, 15) is 23.1 Å². The monoisotopic (exact) mass is 417 g/mol. The average Bonchev–Trinajstić information content (AvgIpc) is 2.66. The van der Waals surface area contributed by atoms with Gasteiger partial charge in [-0.2, -0.15) is 13.2 Å². The fourth-order valence-corrected chi connectivity index (χ4v) is 3.69. The number of carbonyl (C=O) groups is 1. The molecule has 0 aromatic heterocycles. The van der Waals surface area contributed by atoms with Crippen molar-refractivity contribution in [3.05, 3.63) is 29.3 Å². The maximum Gasteiger partial charge on any atom is 0.419 e. The van der Waals surface area contributed by atoms with Crippen LogP contribution in [0.4, 0.5) is 13.2 Å². The van der Waals surface area contributed by atoms with Gasteiger partial charge in [-0.15, -0.1) is 0 Å². The topological polar surface area (TPSA) is 67.8 Å². The van der Waals surface area contributed by atoms with Gasteiger partial charge in [-0.05, 0) is 70.2 Å². The van der Waals surface area contributed by atoms with Crippen molar-refractivity contribution in [2.24, 2.45) is 0 Å². The molecule has 1 aromatic rings. The van der Waals surface area contributed by atoms with E-state index in [1.54, 1.807) is 7.05 Å². The van der Waals surface area contributed by atoms with Gasteiger partial charge < -0.3 is 19.9 Å². The summed E-state index contributed by atoms with van der Waals surface area (Å²) in [7, 11) is 1.75. The molecule has 164 valence electrons. The van der Waals surface area contributed by atoms with Gasteiger partial charge >= 0.3 is 6.18 Å². The molecule has 1 aromatic carbocycles. The average molecular weight is 417 g/mol. The molecule has 0 radical (unpaired) electrons. The molecular formula is C21H30F3NO4. The first kappa shape index (κ1) is 23.6. The summed E-state index contributed by atoms with van der Waals surface area (Å²) in [5.74, 6) is -0.791. The molecule has 1 saturated heterocycles. The van der Waals surface area contributed by atoms with Crippen LogP contribution in [0.5, 0.6) is 5.75 Å². The number of ether oxygens (including phenoxy) is 2. The Morgan fingerprint density at radius 3 is 2.66 bits per heavy atom. The molecule has 0 aliphatic carbocycles. The minimum absolute atomic E-state index is 0.00467. The second-order valence-electron chi connectivity index (χ2n) is 7.68. The van der Waals surface area contributed by atoms with Crippen LogP contribution < -0.4 is 5.32 Å². The number of hydrogen-bond donors (Lipinski definition) is 2. The third kappa shape index (κ3) is 7.28. The van der Waals surface area contributed by atoms with Crippen molar-refractivity contribution in [3.8, 4) is 5.75 Å². The van der Waals surface area contributed by atoms with Gasteiger partial charge in [-0.3, -0.25) is 4.79 Å². The summed E-state index contributed by atoms with van der Waals surface area (Å²) in [4.78, 5) is 11.8. The molecule has 2 rings (SSSR count). The summed E-state index contributed by atoms with van der Waals surface area (Å²) in [6.07, 6.45) is -0.357. The highest BCUT2D eigenvalue weighted by atomic mass is 19.4. The number of benzene rings is 1. The number of phenols is 1. The maximum absolute atomic E-state index is 13.0. The van der Waals surface area contributed by atoms with Gasteiger partial charge in [0.2, 0.25) is 0 Å². The zero-order chi connectivity index (χ0) is 21.5. The Bertz CT molecular complexity index is 674. The van der Waals surface area contributed by atoms with Gasteiger partial charge in [0.1, 0.15) is 11.5 Å². The minimum atomic E-state index is -4.62. The van der Waals surface area contributed by atoms with Crippen molar-refractivity contribution in [2.75, 3.05) is 20.3 Å². The number of aryl methyl sites for hydroxylation is 1. The van der Waals surface area contributed by atoms with Crippen molar-refractivity contribution in [3.63, 3.8) is 0 Å². The smallest absolute Gasteiger partial charge is 0.419 e. The summed E-state index contributed by atoms with van der Waals surface area (Å²) in [5.41, 5.74) is -1.18. The van der Waals surface area contributed by atoms with Crippen LogP contribution in [0, 0.1) is 0 Å². The number of Topliss-reactive ketones (excluding diaryl/α,β-unsaturated/α-hetero) is 1. The molecule has 5 nitrogen and oxygen atoms in total. The molecular weight excluding hydrogens is 387 g/mol. The van der Waals surface area contributed by atoms with E-state index in [2.05, 4.69) is 5.32 Å². The van der Waals surface area contributed by atoms with Crippen molar-refractivity contribution >= 4 is 5.78 Å². The standard InChI is InChI=1S/C21H30F3NO4/c1-15(26)14-20(25-2,10-12-29-19-5-3-4-11-28-19)9-8-16-6-7-18(27)17(13-16)21(22,23)24/h6-7,13,19,25,27H,3-5,8-12,14H2,1-2H3. The predicted octanol–water partition coefficient (Wildman–Crippen LogP) is 4.21. The van der Waals surface area contributed by atoms with Gasteiger partial charge in [0.15, 0.2) is 6.29 Å². The Kier molecular flexibility index (Phi) is 8.48. The van der Waals surface area contributed by atoms with Crippen LogP contribution >= 0.6 is 0 Å². The van der Waals surface area contributed by atoms with Crippen molar-refractivity contribution in [1.82, 2.24) is 5.32 Å². The van der Waals surface area contributed by atoms with Gasteiger partial charge in [-0.25, -0.2) is 0 Å². The van der Waals surface area contributed by atoms with E-state index in [4.69, 9.17) is 9.47 Å². The molecule has 2 unspecified atom stereocenters.